The van der Waals surface area contributed by atoms with Gasteiger partial charge >= 0.3 is 0 Å². The summed E-state index contributed by atoms with van der Waals surface area (Å²) in [6.07, 6.45) is 4.91. The third kappa shape index (κ3) is 4.46. The highest BCUT2D eigenvalue weighted by Crippen LogP contribution is 2.26. The molecule has 0 amide bonds. The van der Waals surface area contributed by atoms with Gasteiger partial charge in [-0.05, 0) is 31.7 Å². The summed E-state index contributed by atoms with van der Waals surface area (Å²) in [5, 5.41) is 0. The summed E-state index contributed by atoms with van der Waals surface area (Å²) < 4.78 is 17.1. The average Bonchev–Trinajstić information content (AvgIpc) is 3.33. The highest BCUT2D eigenvalue weighted by atomic mass is 16.5. The van der Waals surface area contributed by atoms with Crippen LogP contribution in [0.3, 0.4) is 0 Å². The van der Waals surface area contributed by atoms with Crippen LogP contribution in [0.1, 0.15) is 25.7 Å². The minimum atomic E-state index is 0.263. The van der Waals surface area contributed by atoms with Gasteiger partial charge in [0, 0.05) is 32.2 Å². The first-order chi connectivity index (χ1) is 14.8. The highest BCUT2D eigenvalue weighted by Gasteiger charge is 2.22. The SMILES string of the molecule is c1cc(OC2CCCC2)nc(-c2nc(N3CCOCC3)nc(N3CCOCC3)n2)c1. The van der Waals surface area contributed by atoms with Crippen LogP contribution in [0.5, 0.6) is 5.88 Å². The summed E-state index contributed by atoms with van der Waals surface area (Å²) in [6, 6.07) is 5.80. The second-order valence-electron chi connectivity index (χ2n) is 7.84. The predicted octanol–water partition coefficient (Wildman–Crippen LogP) is 1.93. The zero-order valence-corrected chi connectivity index (χ0v) is 17.2. The molecular formula is C21H28N6O3. The fourth-order valence-electron chi connectivity index (χ4n) is 4.06. The minimum absolute atomic E-state index is 0.263. The maximum Gasteiger partial charge on any atom is 0.230 e. The molecule has 3 fully saturated rings. The molecule has 5 rings (SSSR count). The molecule has 0 atom stereocenters. The molecule has 9 heteroatoms. The molecule has 1 aliphatic carbocycles. The molecule has 0 aromatic carbocycles. The number of rotatable bonds is 5. The third-order valence-electron chi connectivity index (χ3n) is 5.74. The average molecular weight is 412 g/mol. The minimum Gasteiger partial charge on any atom is -0.474 e. The number of anilines is 2. The Hall–Kier alpha value is -2.52. The van der Waals surface area contributed by atoms with Crippen LogP contribution in [-0.2, 0) is 9.47 Å². The summed E-state index contributed by atoms with van der Waals surface area (Å²) in [5.41, 5.74) is 0.705. The topological polar surface area (TPSA) is 85.7 Å². The molecule has 3 aliphatic rings. The molecule has 0 spiro atoms. The number of nitrogens with zero attached hydrogens (tertiary/aromatic N) is 6. The monoisotopic (exact) mass is 412 g/mol. The highest BCUT2D eigenvalue weighted by molar-refractivity contribution is 5.55. The first kappa shape index (κ1) is 19.4. The van der Waals surface area contributed by atoms with Crippen molar-refractivity contribution in [2.45, 2.75) is 31.8 Å². The Kier molecular flexibility index (Phi) is 5.89. The Bertz CT molecular complexity index is 812. The Balaban J connectivity index is 1.46. The van der Waals surface area contributed by atoms with Gasteiger partial charge in [-0.1, -0.05) is 6.07 Å². The molecule has 0 unspecified atom stereocenters. The van der Waals surface area contributed by atoms with Gasteiger partial charge in [-0.15, -0.1) is 0 Å². The summed E-state index contributed by atoms with van der Waals surface area (Å²) in [7, 11) is 0. The molecular weight excluding hydrogens is 384 g/mol. The summed E-state index contributed by atoms with van der Waals surface area (Å²) in [6.45, 7) is 5.78. The van der Waals surface area contributed by atoms with E-state index in [1.165, 1.54) is 12.8 Å². The van der Waals surface area contributed by atoms with Crippen molar-refractivity contribution in [2.75, 3.05) is 62.4 Å². The van der Waals surface area contributed by atoms with E-state index in [9.17, 15) is 0 Å². The smallest absolute Gasteiger partial charge is 0.230 e. The van der Waals surface area contributed by atoms with Crippen LogP contribution < -0.4 is 14.5 Å². The molecule has 1 saturated carbocycles. The summed E-state index contributed by atoms with van der Waals surface area (Å²) >= 11 is 0. The van der Waals surface area contributed by atoms with Crippen molar-refractivity contribution in [3.63, 3.8) is 0 Å². The Morgan fingerprint density at radius 2 is 1.37 bits per heavy atom. The summed E-state index contributed by atoms with van der Waals surface area (Å²) in [4.78, 5) is 23.3. The molecule has 160 valence electrons. The standard InChI is InChI=1S/C21H28N6O3/c1-2-5-16(4-1)30-18-7-3-6-17(22-18)19-23-20(26-8-12-28-13-9-26)25-21(24-19)27-10-14-29-15-11-27/h3,6-7,16H,1-2,4-5,8-15H2. The predicted molar refractivity (Wildman–Crippen MR) is 112 cm³/mol. The van der Waals surface area contributed by atoms with E-state index < -0.39 is 0 Å². The summed E-state index contributed by atoms with van der Waals surface area (Å²) in [5.74, 6) is 2.56. The number of aromatic nitrogens is 4. The number of morpholine rings is 2. The van der Waals surface area contributed by atoms with Crippen molar-refractivity contribution in [3.05, 3.63) is 18.2 Å². The van der Waals surface area contributed by atoms with E-state index in [2.05, 4.69) is 9.80 Å². The van der Waals surface area contributed by atoms with Gasteiger partial charge in [0.05, 0.1) is 26.4 Å². The lowest BCUT2D eigenvalue weighted by Gasteiger charge is -2.30. The first-order valence-electron chi connectivity index (χ1n) is 10.9. The van der Waals surface area contributed by atoms with Crippen molar-refractivity contribution >= 4 is 11.9 Å². The van der Waals surface area contributed by atoms with Crippen LogP contribution >= 0.6 is 0 Å². The Morgan fingerprint density at radius 1 is 0.767 bits per heavy atom. The second-order valence-corrected chi connectivity index (χ2v) is 7.84. The van der Waals surface area contributed by atoms with Crippen LogP contribution in [0.4, 0.5) is 11.9 Å². The molecule has 0 N–H and O–H groups in total. The maximum absolute atomic E-state index is 6.09. The molecule has 0 bridgehead atoms. The van der Waals surface area contributed by atoms with Gasteiger partial charge in [-0.2, -0.15) is 15.0 Å². The number of hydrogen-bond donors (Lipinski definition) is 0. The number of ether oxygens (including phenoxy) is 3. The van der Waals surface area contributed by atoms with E-state index in [1.807, 2.05) is 18.2 Å². The number of hydrogen-bond acceptors (Lipinski definition) is 9. The zero-order valence-electron chi connectivity index (χ0n) is 17.2. The Labute approximate surface area is 176 Å². The van der Waals surface area contributed by atoms with Crippen molar-refractivity contribution < 1.29 is 14.2 Å². The second kappa shape index (κ2) is 9.09. The van der Waals surface area contributed by atoms with Crippen molar-refractivity contribution in [2.24, 2.45) is 0 Å². The van der Waals surface area contributed by atoms with Crippen molar-refractivity contribution in [3.8, 4) is 17.4 Å². The van der Waals surface area contributed by atoms with Gasteiger partial charge in [0.2, 0.25) is 17.8 Å². The van der Waals surface area contributed by atoms with E-state index >= 15 is 0 Å². The fraction of sp³-hybridized carbons (Fsp3) is 0.619. The molecule has 30 heavy (non-hydrogen) atoms. The molecule has 2 aromatic heterocycles. The van der Waals surface area contributed by atoms with Crippen LogP contribution in [0.15, 0.2) is 18.2 Å². The van der Waals surface area contributed by atoms with Gasteiger partial charge in [0.15, 0.2) is 5.82 Å². The fourth-order valence-corrected chi connectivity index (χ4v) is 4.06. The largest absolute Gasteiger partial charge is 0.474 e. The van der Waals surface area contributed by atoms with Crippen LogP contribution in [0, 0.1) is 0 Å². The Morgan fingerprint density at radius 3 is 1.97 bits per heavy atom. The molecule has 2 aromatic rings. The lowest BCUT2D eigenvalue weighted by atomic mass is 10.3. The van der Waals surface area contributed by atoms with Crippen LogP contribution in [0.25, 0.3) is 11.5 Å². The van der Waals surface area contributed by atoms with E-state index in [-0.39, 0.29) is 6.10 Å². The molecule has 4 heterocycles. The van der Waals surface area contributed by atoms with Crippen molar-refractivity contribution in [1.29, 1.82) is 0 Å². The molecule has 2 aliphatic heterocycles. The molecule has 2 saturated heterocycles. The first-order valence-corrected chi connectivity index (χ1v) is 10.9. The van der Waals surface area contributed by atoms with Gasteiger partial charge in [-0.3, -0.25) is 0 Å². The van der Waals surface area contributed by atoms with E-state index in [1.54, 1.807) is 0 Å². The van der Waals surface area contributed by atoms with Gasteiger partial charge in [0.25, 0.3) is 0 Å². The normalized spacial score (nSPS) is 20.5. The quantitative estimate of drug-likeness (QED) is 0.731. The van der Waals surface area contributed by atoms with Gasteiger partial charge in [0.1, 0.15) is 11.8 Å². The van der Waals surface area contributed by atoms with Crippen LogP contribution in [-0.4, -0.2) is 78.6 Å². The lowest BCUT2D eigenvalue weighted by Crippen LogP contribution is -2.40. The lowest BCUT2D eigenvalue weighted by molar-refractivity contribution is 0.121. The molecule has 0 radical (unpaired) electrons. The number of pyridine rings is 1. The molecule has 9 nitrogen and oxygen atoms in total. The van der Waals surface area contributed by atoms with Gasteiger partial charge in [-0.25, -0.2) is 4.98 Å². The van der Waals surface area contributed by atoms with E-state index in [4.69, 9.17) is 34.1 Å². The van der Waals surface area contributed by atoms with E-state index in [0.717, 1.165) is 39.0 Å². The van der Waals surface area contributed by atoms with Crippen molar-refractivity contribution in [1.82, 2.24) is 19.9 Å². The van der Waals surface area contributed by atoms with Gasteiger partial charge < -0.3 is 24.0 Å². The van der Waals surface area contributed by atoms with E-state index in [0.29, 0.717) is 55.7 Å². The maximum atomic E-state index is 6.09. The zero-order chi connectivity index (χ0) is 20.2. The third-order valence-corrected chi connectivity index (χ3v) is 5.74. The van der Waals surface area contributed by atoms with Crippen LogP contribution in [0.2, 0.25) is 0 Å².